The van der Waals surface area contributed by atoms with E-state index in [4.69, 9.17) is 9.47 Å². The average Bonchev–Trinajstić information content (AvgIpc) is 2.79. The molecule has 0 bridgehead atoms. The van der Waals surface area contributed by atoms with Crippen molar-refractivity contribution in [2.24, 2.45) is 0 Å². The highest BCUT2D eigenvalue weighted by atomic mass is 16.5. The van der Waals surface area contributed by atoms with Gasteiger partial charge in [-0.05, 0) is 24.0 Å². The van der Waals surface area contributed by atoms with Gasteiger partial charge in [-0.2, -0.15) is 0 Å². The van der Waals surface area contributed by atoms with Crippen LogP contribution in [0.15, 0.2) is 73.3 Å². The van der Waals surface area contributed by atoms with Crippen LogP contribution in [0.2, 0.25) is 0 Å². The second kappa shape index (κ2) is 13.6. The zero-order valence-corrected chi connectivity index (χ0v) is 18.1. The molecule has 4 heteroatoms. The van der Waals surface area contributed by atoms with Crippen molar-refractivity contribution in [1.82, 2.24) is 5.32 Å². The van der Waals surface area contributed by atoms with Crippen molar-refractivity contribution in [2.45, 2.75) is 64.2 Å². The normalized spacial score (nSPS) is 12.7. The highest BCUT2D eigenvalue weighted by Crippen LogP contribution is 2.22. The molecular weight excluding hydrogens is 374 g/mol. The molecule has 0 radical (unpaired) electrons. The first-order chi connectivity index (χ1) is 14.7. The third kappa shape index (κ3) is 8.83. The molecule has 1 N–H and O–H groups in total. The number of amides is 1. The van der Waals surface area contributed by atoms with Crippen LogP contribution in [0.5, 0.6) is 0 Å². The Morgan fingerprint density at radius 3 is 2.17 bits per heavy atom. The van der Waals surface area contributed by atoms with Crippen molar-refractivity contribution in [3.05, 3.63) is 84.4 Å². The lowest BCUT2D eigenvalue weighted by molar-refractivity contribution is 0.0925. The first-order valence-electron chi connectivity index (χ1n) is 10.9. The fourth-order valence-corrected chi connectivity index (χ4v) is 3.35. The van der Waals surface area contributed by atoms with Crippen LogP contribution in [0, 0.1) is 0 Å². The van der Waals surface area contributed by atoms with Gasteiger partial charge in [-0.1, -0.05) is 99.3 Å². The molecule has 2 aromatic rings. The molecule has 0 aliphatic carbocycles. The number of ether oxygens (including phenoxy) is 2. The number of hydrogen-bond acceptors (Lipinski definition) is 3. The van der Waals surface area contributed by atoms with Crippen LogP contribution in [0.4, 0.5) is 4.79 Å². The standard InChI is InChI=1S/C26H35NO3/c1-3-5-6-13-18-26(4-2,19-20-29-21-23-14-9-7-10-15-23)27-25(28)30-22-24-16-11-8-12-17-24/h4,7-12,14-17H,2-3,5-6,13,18-22H2,1H3,(H,27,28). The quantitative estimate of drug-likeness (QED) is 0.289. The third-order valence-electron chi connectivity index (χ3n) is 5.24. The molecule has 0 heterocycles. The van der Waals surface area contributed by atoms with E-state index in [1.807, 2.05) is 66.7 Å². The predicted octanol–water partition coefficient (Wildman–Crippen LogP) is 6.41. The van der Waals surface area contributed by atoms with Crippen LogP contribution < -0.4 is 5.32 Å². The number of carbonyl (C=O) groups is 1. The highest BCUT2D eigenvalue weighted by molar-refractivity contribution is 5.68. The maximum absolute atomic E-state index is 12.5. The number of nitrogens with one attached hydrogen (secondary N) is 1. The van der Waals surface area contributed by atoms with Crippen molar-refractivity contribution in [2.75, 3.05) is 6.61 Å². The Bertz CT molecular complexity index is 732. The van der Waals surface area contributed by atoms with Crippen LogP contribution in [0.3, 0.4) is 0 Å². The first-order valence-corrected chi connectivity index (χ1v) is 10.9. The minimum Gasteiger partial charge on any atom is -0.445 e. The van der Waals surface area contributed by atoms with E-state index in [0.717, 1.165) is 30.4 Å². The van der Waals surface area contributed by atoms with E-state index in [0.29, 0.717) is 19.6 Å². The van der Waals surface area contributed by atoms with Gasteiger partial charge in [-0.15, -0.1) is 6.58 Å². The van der Waals surface area contributed by atoms with E-state index < -0.39 is 11.6 Å². The molecule has 4 nitrogen and oxygen atoms in total. The van der Waals surface area contributed by atoms with Crippen molar-refractivity contribution < 1.29 is 14.3 Å². The zero-order chi connectivity index (χ0) is 21.5. The number of benzene rings is 2. The van der Waals surface area contributed by atoms with E-state index in [-0.39, 0.29) is 6.61 Å². The molecule has 30 heavy (non-hydrogen) atoms. The Labute approximate surface area is 181 Å². The summed E-state index contributed by atoms with van der Waals surface area (Å²) in [6.45, 7) is 7.55. The summed E-state index contributed by atoms with van der Waals surface area (Å²) in [4.78, 5) is 12.5. The Morgan fingerprint density at radius 1 is 0.933 bits per heavy atom. The minimum atomic E-state index is -0.530. The van der Waals surface area contributed by atoms with E-state index >= 15 is 0 Å². The summed E-state index contributed by atoms with van der Waals surface area (Å²) in [6.07, 6.45) is 7.44. The number of carbonyl (C=O) groups excluding carboxylic acids is 1. The summed E-state index contributed by atoms with van der Waals surface area (Å²) in [5, 5.41) is 3.07. The molecule has 2 rings (SSSR count). The Morgan fingerprint density at radius 2 is 1.57 bits per heavy atom. The van der Waals surface area contributed by atoms with Crippen LogP contribution in [-0.2, 0) is 22.7 Å². The predicted molar refractivity (Wildman–Crippen MR) is 122 cm³/mol. The van der Waals surface area contributed by atoms with Gasteiger partial charge in [0.15, 0.2) is 0 Å². The number of alkyl carbamates (subject to hydrolysis) is 1. The fraction of sp³-hybridized carbons (Fsp3) is 0.423. The Balaban J connectivity index is 1.89. The number of hydrogen-bond donors (Lipinski definition) is 1. The smallest absolute Gasteiger partial charge is 0.408 e. The topological polar surface area (TPSA) is 47.6 Å². The van der Waals surface area contributed by atoms with Gasteiger partial charge in [-0.3, -0.25) is 0 Å². The molecule has 1 unspecified atom stereocenters. The molecule has 0 saturated heterocycles. The molecule has 1 amide bonds. The van der Waals surface area contributed by atoms with Gasteiger partial charge in [0.1, 0.15) is 6.61 Å². The zero-order valence-electron chi connectivity index (χ0n) is 18.1. The van der Waals surface area contributed by atoms with Crippen LogP contribution in [-0.4, -0.2) is 18.2 Å². The maximum Gasteiger partial charge on any atom is 0.408 e. The minimum absolute atomic E-state index is 0.250. The van der Waals surface area contributed by atoms with E-state index in [1.165, 1.54) is 12.8 Å². The first kappa shape index (κ1) is 23.7. The molecule has 0 aromatic heterocycles. The molecule has 0 saturated carbocycles. The lowest BCUT2D eigenvalue weighted by Gasteiger charge is -2.31. The maximum atomic E-state index is 12.5. The average molecular weight is 410 g/mol. The fourth-order valence-electron chi connectivity index (χ4n) is 3.35. The second-order valence-corrected chi connectivity index (χ2v) is 7.65. The molecule has 0 aliphatic heterocycles. The second-order valence-electron chi connectivity index (χ2n) is 7.65. The lowest BCUT2D eigenvalue weighted by atomic mass is 9.89. The third-order valence-corrected chi connectivity index (χ3v) is 5.24. The van der Waals surface area contributed by atoms with Gasteiger partial charge in [0, 0.05) is 6.61 Å². The largest absolute Gasteiger partial charge is 0.445 e. The van der Waals surface area contributed by atoms with Gasteiger partial charge in [0.2, 0.25) is 0 Å². The Kier molecular flexibility index (Phi) is 10.7. The summed E-state index contributed by atoms with van der Waals surface area (Å²) in [5.74, 6) is 0. The SMILES string of the molecule is C=CC(CCCCCC)(CCOCc1ccccc1)NC(=O)OCc1ccccc1. The summed E-state index contributed by atoms with van der Waals surface area (Å²) in [5.41, 5.74) is 1.57. The van der Waals surface area contributed by atoms with E-state index in [1.54, 1.807) is 0 Å². The molecule has 162 valence electrons. The van der Waals surface area contributed by atoms with E-state index in [9.17, 15) is 4.79 Å². The summed E-state index contributed by atoms with van der Waals surface area (Å²) < 4.78 is 11.3. The number of rotatable bonds is 14. The van der Waals surface area contributed by atoms with Gasteiger partial charge < -0.3 is 14.8 Å². The Hall–Kier alpha value is -2.59. The van der Waals surface area contributed by atoms with Crippen LogP contribution >= 0.6 is 0 Å². The van der Waals surface area contributed by atoms with Crippen LogP contribution in [0.1, 0.15) is 56.6 Å². The monoisotopic (exact) mass is 409 g/mol. The molecule has 0 spiro atoms. The van der Waals surface area contributed by atoms with Gasteiger partial charge in [-0.25, -0.2) is 4.79 Å². The van der Waals surface area contributed by atoms with Crippen molar-refractivity contribution in [3.8, 4) is 0 Å². The lowest BCUT2D eigenvalue weighted by Crippen LogP contribution is -2.47. The van der Waals surface area contributed by atoms with E-state index in [2.05, 4.69) is 18.8 Å². The van der Waals surface area contributed by atoms with Crippen molar-refractivity contribution >= 4 is 6.09 Å². The molecular formula is C26H35NO3. The molecule has 0 aliphatic rings. The van der Waals surface area contributed by atoms with Crippen molar-refractivity contribution in [1.29, 1.82) is 0 Å². The number of unbranched alkanes of at least 4 members (excludes halogenated alkanes) is 3. The summed E-state index contributed by atoms with van der Waals surface area (Å²) in [6, 6.07) is 19.8. The van der Waals surface area contributed by atoms with Crippen molar-refractivity contribution in [3.63, 3.8) is 0 Å². The molecule has 0 fully saturated rings. The molecule has 2 aromatic carbocycles. The van der Waals surface area contributed by atoms with Crippen LogP contribution in [0.25, 0.3) is 0 Å². The highest BCUT2D eigenvalue weighted by Gasteiger charge is 2.28. The van der Waals surface area contributed by atoms with Gasteiger partial charge >= 0.3 is 6.09 Å². The molecule has 1 atom stereocenters. The van der Waals surface area contributed by atoms with Gasteiger partial charge in [0.25, 0.3) is 0 Å². The van der Waals surface area contributed by atoms with Gasteiger partial charge in [0.05, 0.1) is 12.1 Å². The summed E-state index contributed by atoms with van der Waals surface area (Å²) >= 11 is 0. The summed E-state index contributed by atoms with van der Waals surface area (Å²) in [7, 11) is 0.